The second-order valence-corrected chi connectivity index (χ2v) is 9.14. The first kappa shape index (κ1) is 22.7. The first-order valence-electron chi connectivity index (χ1n) is 11.5. The van der Waals surface area contributed by atoms with Crippen LogP contribution in [0, 0.1) is 17.6 Å². The van der Waals surface area contributed by atoms with Crippen LogP contribution in [0.2, 0.25) is 0 Å². The molecular formula is C26H32F2N2O2. The Morgan fingerprint density at radius 2 is 1.91 bits per heavy atom. The molecule has 1 N–H and O–H groups in total. The molecule has 0 aliphatic carbocycles. The maximum absolute atomic E-state index is 14.3. The van der Waals surface area contributed by atoms with Gasteiger partial charge in [0.2, 0.25) is 0 Å². The van der Waals surface area contributed by atoms with Crippen LogP contribution in [-0.2, 0) is 13.1 Å². The fourth-order valence-electron chi connectivity index (χ4n) is 4.49. The van der Waals surface area contributed by atoms with Crippen molar-refractivity contribution in [1.29, 1.82) is 0 Å². The summed E-state index contributed by atoms with van der Waals surface area (Å²) < 4.78 is 36.5. The maximum atomic E-state index is 14.3. The van der Waals surface area contributed by atoms with Crippen molar-refractivity contribution < 1.29 is 18.6 Å². The van der Waals surface area contributed by atoms with Gasteiger partial charge < -0.3 is 14.4 Å². The van der Waals surface area contributed by atoms with Crippen molar-refractivity contribution in [2.24, 2.45) is 5.92 Å². The zero-order valence-electron chi connectivity index (χ0n) is 18.9. The van der Waals surface area contributed by atoms with Crippen LogP contribution in [0.15, 0.2) is 42.6 Å². The summed E-state index contributed by atoms with van der Waals surface area (Å²) in [4.78, 5) is 2.29. The third-order valence-electron chi connectivity index (χ3n) is 6.37. The fraction of sp³-hybridized carbons (Fsp3) is 0.462. The lowest BCUT2D eigenvalue weighted by atomic mass is 10.1. The molecule has 6 heteroatoms. The first-order chi connectivity index (χ1) is 15.5. The van der Waals surface area contributed by atoms with Gasteiger partial charge in [0.25, 0.3) is 0 Å². The third-order valence-corrected chi connectivity index (χ3v) is 6.37. The average molecular weight is 443 g/mol. The van der Waals surface area contributed by atoms with Crippen molar-refractivity contribution in [2.45, 2.75) is 52.2 Å². The number of aliphatic hydroxyl groups is 1. The Morgan fingerprint density at radius 1 is 1.12 bits per heavy atom. The lowest BCUT2D eigenvalue weighted by Crippen LogP contribution is -2.31. The van der Waals surface area contributed by atoms with Gasteiger partial charge in [0.05, 0.1) is 19.8 Å². The topological polar surface area (TPSA) is 37.6 Å². The predicted molar refractivity (Wildman–Crippen MR) is 123 cm³/mol. The number of likely N-dealkylation sites (tertiary alicyclic amines) is 1. The van der Waals surface area contributed by atoms with Gasteiger partial charge in [-0.1, -0.05) is 19.9 Å². The number of aromatic nitrogens is 1. The molecule has 1 aliphatic rings. The largest absolute Gasteiger partial charge is 0.494 e. The molecule has 0 bridgehead atoms. The summed E-state index contributed by atoms with van der Waals surface area (Å²) >= 11 is 0. The van der Waals surface area contributed by atoms with Crippen molar-refractivity contribution in [3.05, 3.63) is 65.4 Å². The fourth-order valence-corrected chi connectivity index (χ4v) is 4.49. The van der Waals surface area contributed by atoms with Gasteiger partial charge in [0, 0.05) is 35.2 Å². The number of fused-ring (bicyclic) bond motifs is 1. The normalized spacial score (nSPS) is 17.0. The smallest absolute Gasteiger partial charge is 0.131 e. The van der Waals surface area contributed by atoms with Crippen LogP contribution in [0.4, 0.5) is 8.78 Å². The number of hydrogen-bond acceptors (Lipinski definition) is 3. The van der Waals surface area contributed by atoms with Crippen molar-refractivity contribution in [3.63, 3.8) is 0 Å². The zero-order valence-corrected chi connectivity index (χ0v) is 18.9. The molecule has 0 spiro atoms. The standard InChI is InChI=1S/C26H32F2N2O2/c1-18(2)10-12-32-21-8-9-26-22(13-21)19(14-29-11-4-5-20(29)17-31)15-30(26)16-23-24(27)6-3-7-25(23)28/h3,6-9,13,15,18,20,31H,4-5,10-12,14,16-17H2,1-2H3/t20-/m0/s1. The number of aliphatic hydroxyl groups excluding tert-OH is 1. The Morgan fingerprint density at radius 3 is 2.62 bits per heavy atom. The van der Waals surface area contributed by atoms with Gasteiger partial charge in [-0.3, -0.25) is 4.90 Å². The van der Waals surface area contributed by atoms with E-state index in [-0.39, 0.29) is 24.8 Å². The quantitative estimate of drug-likeness (QED) is 0.485. The number of ether oxygens (including phenoxy) is 1. The van der Waals surface area contributed by atoms with E-state index in [1.165, 1.54) is 18.2 Å². The van der Waals surface area contributed by atoms with Gasteiger partial charge in [-0.05, 0) is 67.6 Å². The Kier molecular flexibility index (Phi) is 7.11. The highest BCUT2D eigenvalue weighted by molar-refractivity contribution is 5.85. The molecule has 1 aromatic heterocycles. The number of nitrogens with zero attached hydrogens (tertiary/aromatic N) is 2. The lowest BCUT2D eigenvalue weighted by molar-refractivity contribution is 0.154. The van der Waals surface area contributed by atoms with Crippen LogP contribution in [0.5, 0.6) is 5.75 Å². The Bertz CT molecular complexity index is 1040. The molecule has 0 saturated carbocycles. The number of hydrogen-bond donors (Lipinski definition) is 1. The molecular weight excluding hydrogens is 410 g/mol. The Balaban J connectivity index is 1.68. The zero-order chi connectivity index (χ0) is 22.7. The van der Waals surface area contributed by atoms with Gasteiger partial charge in [0.1, 0.15) is 17.4 Å². The first-order valence-corrected chi connectivity index (χ1v) is 11.5. The van der Waals surface area contributed by atoms with E-state index in [1.807, 2.05) is 29.0 Å². The van der Waals surface area contributed by atoms with Crippen molar-refractivity contribution in [1.82, 2.24) is 9.47 Å². The van der Waals surface area contributed by atoms with Crippen LogP contribution in [0.3, 0.4) is 0 Å². The second-order valence-electron chi connectivity index (χ2n) is 9.14. The molecule has 2 aromatic carbocycles. The molecule has 3 aromatic rings. The van der Waals surface area contributed by atoms with Gasteiger partial charge in [0.15, 0.2) is 0 Å². The van der Waals surface area contributed by atoms with E-state index < -0.39 is 11.6 Å². The highest BCUT2D eigenvalue weighted by atomic mass is 19.1. The van der Waals surface area contributed by atoms with E-state index in [1.54, 1.807) is 0 Å². The molecule has 1 fully saturated rings. The molecule has 0 radical (unpaired) electrons. The van der Waals surface area contributed by atoms with Gasteiger partial charge >= 0.3 is 0 Å². The number of benzene rings is 2. The predicted octanol–water partition coefficient (Wildman–Crippen LogP) is 5.35. The number of rotatable bonds is 9. The maximum Gasteiger partial charge on any atom is 0.131 e. The van der Waals surface area contributed by atoms with Crippen LogP contribution in [-0.4, -0.2) is 40.4 Å². The summed E-state index contributed by atoms with van der Waals surface area (Å²) in [5.41, 5.74) is 2.05. The van der Waals surface area contributed by atoms with Gasteiger partial charge in [-0.2, -0.15) is 0 Å². The third kappa shape index (κ3) is 4.97. The lowest BCUT2D eigenvalue weighted by Gasteiger charge is -2.22. The molecule has 1 atom stereocenters. The Hall–Kier alpha value is -2.44. The van der Waals surface area contributed by atoms with E-state index in [9.17, 15) is 13.9 Å². The molecule has 32 heavy (non-hydrogen) atoms. The molecule has 1 saturated heterocycles. The van der Waals surface area contributed by atoms with E-state index >= 15 is 0 Å². The molecule has 0 amide bonds. The van der Waals surface area contributed by atoms with E-state index in [2.05, 4.69) is 18.7 Å². The van der Waals surface area contributed by atoms with Gasteiger partial charge in [-0.25, -0.2) is 8.78 Å². The highest BCUT2D eigenvalue weighted by Crippen LogP contribution is 2.30. The van der Waals surface area contributed by atoms with Crippen molar-refractivity contribution >= 4 is 10.9 Å². The van der Waals surface area contributed by atoms with Crippen LogP contribution in [0.1, 0.15) is 44.2 Å². The summed E-state index contributed by atoms with van der Waals surface area (Å²) in [5.74, 6) is 0.287. The van der Waals surface area contributed by atoms with Gasteiger partial charge in [-0.15, -0.1) is 0 Å². The van der Waals surface area contributed by atoms with E-state index in [0.29, 0.717) is 19.1 Å². The minimum Gasteiger partial charge on any atom is -0.494 e. The minimum atomic E-state index is -0.540. The van der Waals surface area contributed by atoms with Crippen LogP contribution in [0.25, 0.3) is 10.9 Å². The summed E-state index contributed by atoms with van der Waals surface area (Å²) in [6.07, 6.45) is 5.01. The average Bonchev–Trinajstić information content (AvgIpc) is 3.35. The monoisotopic (exact) mass is 442 g/mol. The van der Waals surface area contributed by atoms with Crippen LogP contribution < -0.4 is 4.74 Å². The number of halogens is 2. The molecule has 4 rings (SSSR count). The van der Waals surface area contributed by atoms with E-state index in [0.717, 1.165) is 48.0 Å². The Labute approximate surface area is 188 Å². The molecule has 2 heterocycles. The molecule has 4 nitrogen and oxygen atoms in total. The minimum absolute atomic E-state index is 0.0580. The summed E-state index contributed by atoms with van der Waals surface area (Å²) in [6.45, 7) is 6.86. The summed E-state index contributed by atoms with van der Waals surface area (Å²) in [5, 5.41) is 10.7. The molecule has 0 unspecified atom stereocenters. The summed E-state index contributed by atoms with van der Waals surface area (Å²) in [7, 11) is 0. The molecule has 172 valence electrons. The second kappa shape index (κ2) is 10.0. The molecule has 1 aliphatic heterocycles. The van der Waals surface area contributed by atoms with Crippen molar-refractivity contribution in [3.8, 4) is 5.75 Å². The highest BCUT2D eigenvalue weighted by Gasteiger charge is 2.25. The van der Waals surface area contributed by atoms with Crippen molar-refractivity contribution in [2.75, 3.05) is 19.8 Å². The van der Waals surface area contributed by atoms with Crippen LogP contribution >= 0.6 is 0 Å². The SMILES string of the molecule is CC(C)CCOc1ccc2c(c1)c(CN1CCC[C@H]1CO)cn2Cc1c(F)cccc1F. The summed E-state index contributed by atoms with van der Waals surface area (Å²) in [6, 6.07) is 10.1. The van der Waals surface area contributed by atoms with E-state index in [4.69, 9.17) is 4.74 Å².